The van der Waals surface area contributed by atoms with E-state index in [-0.39, 0.29) is 0 Å². The molecule has 0 saturated carbocycles. The Morgan fingerprint density at radius 1 is 0.724 bits per heavy atom. The van der Waals surface area contributed by atoms with Gasteiger partial charge in [0, 0.05) is 33.5 Å². The number of urea groups is 1. The first-order valence-electron chi connectivity index (χ1n) is 8.68. The molecule has 0 fully saturated rings. The number of benzene rings is 3. The fourth-order valence-electron chi connectivity index (χ4n) is 3.01. The molecular weight excluding hydrogens is 429 g/mol. The number of halogens is 3. The molecule has 144 valence electrons. The molecule has 2 N–H and O–H groups in total. The molecule has 1 aromatic heterocycles. The van der Waals surface area contributed by atoms with Gasteiger partial charge >= 0.3 is 6.03 Å². The fourth-order valence-corrected chi connectivity index (χ4v) is 3.52. The number of nitrogens with zero attached hydrogens (tertiary/aromatic N) is 1. The second-order valence-electron chi connectivity index (χ2n) is 6.28. The summed E-state index contributed by atoms with van der Waals surface area (Å²) in [5, 5.41) is 7.88. The van der Waals surface area contributed by atoms with Crippen molar-refractivity contribution in [3.05, 3.63) is 88.0 Å². The maximum Gasteiger partial charge on any atom is 0.323 e. The molecule has 0 aliphatic heterocycles. The molecule has 4 rings (SSSR count). The first-order valence-corrected chi connectivity index (χ1v) is 9.81. The Labute approximate surface area is 182 Å². The highest BCUT2D eigenvalue weighted by atomic mass is 35.5. The van der Waals surface area contributed by atoms with Crippen molar-refractivity contribution in [2.24, 2.45) is 0 Å². The number of amides is 2. The topological polar surface area (TPSA) is 54.0 Å². The maximum atomic E-state index is 12.4. The minimum Gasteiger partial charge on any atom is -0.308 e. The third kappa shape index (κ3) is 4.30. The molecule has 7 heteroatoms. The van der Waals surface area contributed by atoms with Gasteiger partial charge in [0.1, 0.15) is 0 Å². The lowest BCUT2D eigenvalue weighted by Crippen LogP contribution is -2.19. The van der Waals surface area contributed by atoms with Crippen molar-refractivity contribution in [2.45, 2.75) is 0 Å². The van der Waals surface area contributed by atoms with Crippen molar-refractivity contribution in [3.63, 3.8) is 0 Å². The molecular formula is C22H14Cl3N3O. The molecule has 1 heterocycles. The highest BCUT2D eigenvalue weighted by molar-refractivity contribution is 6.42. The van der Waals surface area contributed by atoms with Gasteiger partial charge in [0.2, 0.25) is 0 Å². The van der Waals surface area contributed by atoms with Crippen molar-refractivity contribution in [1.82, 2.24) is 4.98 Å². The molecule has 0 atom stereocenters. The SMILES string of the molecule is O=C(Nc1ccc(Cl)c(Cl)c1)Nc1ccc(Cl)c(-c2ccnc3ccccc23)c1. The normalized spacial score (nSPS) is 10.7. The van der Waals surface area contributed by atoms with Crippen LogP contribution in [0.3, 0.4) is 0 Å². The molecule has 0 radical (unpaired) electrons. The average Bonchev–Trinajstić information content (AvgIpc) is 2.72. The minimum atomic E-state index is -0.406. The number of anilines is 2. The Morgan fingerprint density at radius 3 is 2.17 bits per heavy atom. The molecule has 29 heavy (non-hydrogen) atoms. The van der Waals surface area contributed by atoms with E-state index in [1.54, 1.807) is 36.5 Å². The Morgan fingerprint density at radius 2 is 1.41 bits per heavy atom. The summed E-state index contributed by atoms with van der Waals surface area (Å²) < 4.78 is 0. The summed E-state index contributed by atoms with van der Waals surface area (Å²) in [5.41, 5.74) is 3.75. The fraction of sp³-hybridized carbons (Fsp3) is 0. The van der Waals surface area contributed by atoms with Crippen LogP contribution in [0.15, 0.2) is 72.9 Å². The number of carbonyl (C=O) groups is 1. The summed E-state index contributed by atoms with van der Waals surface area (Å²) in [6.45, 7) is 0. The van der Waals surface area contributed by atoms with E-state index in [4.69, 9.17) is 34.8 Å². The van der Waals surface area contributed by atoms with Crippen LogP contribution >= 0.6 is 34.8 Å². The van der Waals surface area contributed by atoms with Gasteiger partial charge in [-0.2, -0.15) is 0 Å². The number of rotatable bonds is 3. The van der Waals surface area contributed by atoms with Crippen LogP contribution in [0.1, 0.15) is 0 Å². The van der Waals surface area contributed by atoms with Crippen LogP contribution in [0.25, 0.3) is 22.0 Å². The van der Waals surface area contributed by atoms with Gasteiger partial charge in [-0.1, -0.05) is 53.0 Å². The summed E-state index contributed by atoms with van der Waals surface area (Å²) in [5.74, 6) is 0. The molecule has 0 saturated heterocycles. The summed E-state index contributed by atoms with van der Waals surface area (Å²) in [6.07, 6.45) is 1.74. The van der Waals surface area contributed by atoms with Crippen LogP contribution in [0, 0.1) is 0 Å². The van der Waals surface area contributed by atoms with Crippen molar-refractivity contribution < 1.29 is 4.79 Å². The number of fused-ring (bicyclic) bond motifs is 1. The van der Waals surface area contributed by atoms with E-state index in [1.165, 1.54) is 0 Å². The maximum absolute atomic E-state index is 12.4. The van der Waals surface area contributed by atoms with Crippen LogP contribution in [-0.2, 0) is 0 Å². The Kier molecular flexibility index (Phi) is 5.58. The quantitative estimate of drug-likeness (QED) is 0.345. The largest absolute Gasteiger partial charge is 0.323 e. The van der Waals surface area contributed by atoms with Crippen LogP contribution in [0.4, 0.5) is 16.2 Å². The van der Waals surface area contributed by atoms with Gasteiger partial charge < -0.3 is 10.6 Å². The number of hydrogen-bond acceptors (Lipinski definition) is 2. The number of nitrogens with one attached hydrogen (secondary N) is 2. The van der Waals surface area contributed by atoms with Crippen molar-refractivity contribution in [2.75, 3.05) is 10.6 Å². The van der Waals surface area contributed by atoms with Crippen LogP contribution in [0.2, 0.25) is 15.1 Å². The van der Waals surface area contributed by atoms with E-state index in [9.17, 15) is 4.79 Å². The van der Waals surface area contributed by atoms with E-state index in [2.05, 4.69) is 15.6 Å². The predicted molar refractivity (Wildman–Crippen MR) is 121 cm³/mol. The van der Waals surface area contributed by atoms with E-state index >= 15 is 0 Å². The molecule has 0 spiro atoms. The van der Waals surface area contributed by atoms with Crippen LogP contribution in [0.5, 0.6) is 0 Å². The van der Waals surface area contributed by atoms with Crippen LogP contribution in [-0.4, -0.2) is 11.0 Å². The number of pyridine rings is 1. The number of hydrogen-bond donors (Lipinski definition) is 2. The Bertz CT molecular complexity index is 1220. The molecule has 0 bridgehead atoms. The summed E-state index contributed by atoms with van der Waals surface area (Å²) >= 11 is 18.3. The zero-order valence-electron chi connectivity index (χ0n) is 14.9. The lowest BCUT2D eigenvalue weighted by Gasteiger charge is -2.12. The van der Waals surface area contributed by atoms with E-state index in [0.717, 1.165) is 22.0 Å². The van der Waals surface area contributed by atoms with Gasteiger partial charge in [0.25, 0.3) is 0 Å². The Hall–Kier alpha value is -2.79. The number of para-hydroxylation sites is 1. The van der Waals surface area contributed by atoms with Crippen molar-refractivity contribution in [1.29, 1.82) is 0 Å². The first-order chi connectivity index (χ1) is 14.0. The zero-order valence-corrected chi connectivity index (χ0v) is 17.2. The standard InChI is InChI=1S/C22H14Cl3N3O/c23-18-7-5-13(27-22(29)28-14-6-8-19(24)20(25)12-14)11-17(18)15-9-10-26-21-4-2-1-3-16(15)21/h1-12H,(H2,27,28,29). The Balaban J connectivity index is 1.61. The van der Waals surface area contributed by atoms with Gasteiger partial charge in [-0.25, -0.2) is 4.79 Å². The lowest BCUT2D eigenvalue weighted by molar-refractivity contribution is 0.262. The highest BCUT2D eigenvalue weighted by Gasteiger charge is 2.11. The molecule has 4 aromatic rings. The number of aromatic nitrogens is 1. The average molecular weight is 443 g/mol. The summed E-state index contributed by atoms with van der Waals surface area (Å²) in [7, 11) is 0. The second kappa shape index (κ2) is 8.29. The highest BCUT2D eigenvalue weighted by Crippen LogP contribution is 2.34. The monoisotopic (exact) mass is 441 g/mol. The van der Waals surface area contributed by atoms with Gasteiger partial charge in [-0.3, -0.25) is 4.98 Å². The van der Waals surface area contributed by atoms with E-state index in [1.807, 2.05) is 36.4 Å². The molecule has 0 unspecified atom stereocenters. The van der Waals surface area contributed by atoms with E-state index < -0.39 is 6.03 Å². The smallest absolute Gasteiger partial charge is 0.308 e. The zero-order chi connectivity index (χ0) is 20.4. The first kappa shape index (κ1) is 19.5. The van der Waals surface area contributed by atoms with Crippen molar-refractivity contribution >= 4 is 63.1 Å². The molecule has 0 aliphatic carbocycles. The summed E-state index contributed by atoms with van der Waals surface area (Å²) in [6, 6.07) is 19.5. The van der Waals surface area contributed by atoms with Gasteiger partial charge in [-0.05, 0) is 54.1 Å². The van der Waals surface area contributed by atoms with Crippen LogP contribution < -0.4 is 10.6 Å². The molecule has 3 aromatic carbocycles. The van der Waals surface area contributed by atoms with Gasteiger partial charge in [-0.15, -0.1) is 0 Å². The summed E-state index contributed by atoms with van der Waals surface area (Å²) in [4.78, 5) is 16.8. The molecule has 2 amide bonds. The molecule has 0 aliphatic rings. The van der Waals surface area contributed by atoms with Gasteiger partial charge in [0.05, 0.1) is 15.6 Å². The van der Waals surface area contributed by atoms with Gasteiger partial charge in [0.15, 0.2) is 0 Å². The molecule has 4 nitrogen and oxygen atoms in total. The third-order valence-electron chi connectivity index (χ3n) is 4.34. The third-order valence-corrected chi connectivity index (χ3v) is 5.41. The van der Waals surface area contributed by atoms with E-state index in [0.29, 0.717) is 26.4 Å². The minimum absolute atomic E-state index is 0.364. The number of carbonyl (C=O) groups excluding carboxylic acids is 1. The lowest BCUT2D eigenvalue weighted by atomic mass is 10.0. The predicted octanol–water partition coefficient (Wildman–Crippen LogP) is 7.51. The second-order valence-corrected chi connectivity index (χ2v) is 7.50. The van der Waals surface area contributed by atoms with Crippen molar-refractivity contribution in [3.8, 4) is 11.1 Å².